The van der Waals surface area contributed by atoms with Crippen molar-refractivity contribution in [2.24, 2.45) is 0 Å². The standard InChI is InChI=1S/C19H21BrF2N6O3S/c1-19(2,3)31-18(30)27-6-4-26(5-7-27)11-8-10(20)9-12-13(11)23-16(29)28(12)17-25-24-15(32-17)14(21)22/h8-9,14H,4-7H2,1-3H3,(H,23,29). The summed E-state index contributed by atoms with van der Waals surface area (Å²) in [6.45, 7) is 7.45. The highest BCUT2D eigenvalue weighted by molar-refractivity contribution is 9.10. The fourth-order valence-corrected chi connectivity index (χ4v) is 4.60. The van der Waals surface area contributed by atoms with E-state index in [2.05, 4.69) is 36.0 Å². The number of fused-ring (bicyclic) bond motifs is 1. The van der Waals surface area contributed by atoms with Crippen molar-refractivity contribution in [3.8, 4) is 5.13 Å². The minimum atomic E-state index is -2.76. The number of aromatic nitrogens is 4. The Morgan fingerprint density at radius 2 is 1.91 bits per heavy atom. The molecule has 1 saturated heterocycles. The third-order valence-corrected chi connectivity index (χ3v) is 6.19. The second-order valence-corrected chi connectivity index (χ2v) is 10.2. The van der Waals surface area contributed by atoms with Crippen LogP contribution in [0.4, 0.5) is 19.3 Å². The maximum Gasteiger partial charge on any atom is 0.410 e. The summed E-state index contributed by atoms with van der Waals surface area (Å²) >= 11 is 4.14. The molecule has 1 fully saturated rings. The minimum absolute atomic E-state index is 0.0651. The number of imidazole rings is 1. The molecule has 0 saturated carbocycles. The van der Waals surface area contributed by atoms with Crippen LogP contribution in [0.1, 0.15) is 32.2 Å². The molecular formula is C19H21BrF2N6O3S. The number of alkyl halides is 2. The molecule has 1 aliphatic heterocycles. The van der Waals surface area contributed by atoms with Crippen molar-refractivity contribution in [2.75, 3.05) is 31.1 Å². The number of rotatable bonds is 3. The summed E-state index contributed by atoms with van der Waals surface area (Å²) in [6, 6.07) is 3.59. The van der Waals surface area contributed by atoms with Gasteiger partial charge in [0.15, 0.2) is 5.01 Å². The van der Waals surface area contributed by atoms with Crippen molar-refractivity contribution in [3.05, 3.63) is 32.1 Å². The quantitative estimate of drug-likeness (QED) is 0.551. The summed E-state index contributed by atoms with van der Waals surface area (Å²) in [7, 11) is 0. The number of halogens is 3. The summed E-state index contributed by atoms with van der Waals surface area (Å²) in [5, 5.41) is 6.86. The number of carbonyl (C=O) groups is 1. The van der Waals surface area contributed by atoms with E-state index in [0.29, 0.717) is 53.0 Å². The molecule has 3 aromatic rings. The van der Waals surface area contributed by atoms with E-state index in [9.17, 15) is 18.4 Å². The largest absolute Gasteiger partial charge is 0.444 e. The number of aromatic amines is 1. The van der Waals surface area contributed by atoms with Crippen molar-refractivity contribution in [2.45, 2.75) is 32.8 Å². The Morgan fingerprint density at radius 3 is 2.50 bits per heavy atom. The van der Waals surface area contributed by atoms with Gasteiger partial charge in [-0.3, -0.25) is 0 Å². The van der Waals surface area contributed by atoms with Gasteiger partial charge in [-0.05, 0) is 32.9 Å². The second-order valence-electron chi connectivity index (χ2n) is 8.26. The van der Waals surface area contributed by atoms with Crippen molar-refractivity contribution >= 4 is 50.1 Å². The van der Waals surface area contributed by atoms with Gasteiger partial charge in [0.05, 0.1) is 16.7 Å². The zero-order valence-corrected chi connectivity index (χ0v) is 20.0. The summed E-state index contributed by atoms with van der Waals surface area (Å²) in [5.74, 6) is 0. The summed E-state index contributed by atoms with van der Waals surface area (Å²) in [5.41, 5.74) is 0.738. The van der Waals surface area contributed by atoms with E-state index in [0.717, 1.165) is 5.69 Å². The first-order valence-electron chi connectivity index (χ1n) is 9.82. The smallest absolute Gasteiger partial charge is 0.410 e. The maximum atomic E-state index is 12.9. The van der Waals surface area contributed by atoms with Gasteiger partial charge in [-0.25, -0.2) is 22.9 Å². The highest BCUT2D eigenvalue weighted by Gasteiger charge is 2.28. The molecule has 4 rings (SSSR count). The highest BCUT2D eigenvalue weighted by atomic mass is 79.9. The predicted octanol–water partition coefficient (Wildman–Crippen LogP) is 3.93. The predicted molar refractivity (Wildman–Crippen MR) is 120 cm³/mol. The van der Waals surface area contributed by atoms with Gasteiger partial charge in [0.25, 0.3) is 6.43 Å². The van der Waals surface area contributed by atoms with Crippen molar-refractivity contribution in [1.82, 2.24) is 24.6 Å². The number of amides is 1. The van der Waals surface area contributed by atoms with E-state index in [4.69, 9.17) is 4.74 Å². The minimum Gasteiger partial charge on any atom is -0.444 e. The third-order valence-electron chi connectivity index (χ3n) is 4.82. The fraction of sp³-hybridized carbons (Fsp3) is 0.474. The molecule has 13 heteroatoms. The van der Waals surface area contributed by atoms with E-state index in [-0.39, 0.29) is 11.2 Å². The molecule has 9 nitrogen and oxygen atoms in total. The van der Waals surface area contributed by atoms with Crippen LogP contribution in [0.25, 0.3) is 16.2 Å². The average molecular weight is 531 g/mol. The molecule has 0 unspecified atom stereocenters. The van der Waals surface area contributed by atoms with Gasteiger partial charge < -0.3 is 19.5 Å². The van der Waals surface area contributed by atoms with Crippen LogP contribution in [0.3, 0.4) is 0 Å². The topological polar surface area (TPSA) is 96.3 Å². The first-order valence-corrected chi connectivity index (χ1v) is 11.4. The Kier molecular flexibility index (Phi) is 5.96. The van der Waals surface area contributed by atoms with Gasteiger partial charge in [0, 0.05) is 30.7 Å². The third kappa shape index (κ3) is 4.49. The summed E-state index contributed by atoms with van der Waals surface area (Å²) in [6.07, 6.45) is -3.12. The highest BCUT2D eigenvalue weighted by Crippen LogP contribution is 2.32. The van der Waals surface area contributed by atoms with Crippen LogP contribution < -0.4 is 10.6 Å². The molecule has 0 spiro atoms. The molecule has 0 aliphatic carbocycles. The Hall–Kier alpha value is -2.54. The first-order chi connectivity index (χ1) is 15.0. The Balaban J connectivity index is 1.63. The van der Waals surface area contributed by atoms with Crippen LogP contribution in [-0.4, -0.2) is 62.5 Å². The molecule has 0 radical (unpaired) electrons. The number of H-pyrrole nitrogens is 1. The maximum absolute atomic E-state index is 12.9. The van der Waals surface area contributed by atoms with Crippen LogP contribution in [0.15, 0.2) is 21.4 Å². The number of nitrogens with one attached hydrogen (secondary N) is 1. The number of hydrogen-bond donors (Lipinski definition) is 1. The van der Waals surface area contributed by atoms with Crippen molar-refractivity contribution in [1.29, 1.82) is 0 Å². The number of nitrogens with zero attached hydrogens (tertiary/aromatic N) is 5. The number of piperazine rings is 1. The molecule has 32 heavy (non-hydrogen) atoms. The van der Waals surface area contributed by atoms with Gasteiger partial charge in [-0.15, -0.1) is 10.2 Å². The zero-order chi connectivity index (χ0) is 23.2. The van der Waals surface area contributed by atoms with E-state index in [1.165, 1.54) is 4.57 Å². The molecule has 1 aliphatic rings. The van der Waals surface area contributed by atoms with Gasteiger partial charge >= 0.3 is 11.8 Å². The zero-order valence-electron chi connectivity index (χ0n) is 17.6. The van der Waals surface area contributed by atoms with Crippen molar-refractivity contribution < 1.29 is 18.3 Å². The average Bonchev–Trinajstić information content (AvgIpc) is 3.30. The van der Waals surface area contributed by atoms with Crippen molar-refractivity contribution in [3.63, 3.8) is 0 Å². The van der Waals surface area contributed by atoms with Gasteiger partial charge in [-0.2, -0.15) is 0 Å². The number of anilines is 1. The molecule has 1 N–H and O–H groups in total. The van der Waals surface area contributed by atoms with Gasteiger partial charge in [-0.1, -0.05) is 27.3 Å². The molecular weight excluding hydrogens is 510 g/mol. The van der Waals surface area contributed by atoms with Crippen LogP contribution >= 0.6 is 27.3 Å². The molecule has 3 heterocycles. The number of carbonyl (C=O) groups excluding carboxylic acids is 1. The molecule has 172 valence electrons. The molecule has 0 bridgehead atoms. The number of benzene rings is 1. The first kappa shape index (κ1) is 22.6. The summed E-state index contributed by atoms with van der Waals surface area (Å²) < 4.78 is 33.3. The van der Waals surface area contributed by atoms with E-state index in [1.54, 1.807) is 11.0 Å². The lowest BCUT2D eigenvalue weighted by molar-refractivity contribution is 0.0240. The van der Waals surface area contributed by atoms with E-state index < -0.39 is 22.7 Å². The second kappa shape index (κ2) is 8.43. The fourth-order valence-electron chi connectivity index (χ4n) is 3.46. The Morgan fingerprint density at radius 1 is 1.22 bits per heavy atom. The monoisotopic (exact) mass is 530 g/mol. The van der Waals surface area contributed by atoms with Crippen LogP contribution in [0, 0.1) is 0 Å². The van der Waals surface area contributed by atoms with Crippen LogP contribution in [0.2, 0.25) is 0 Å². The van der Waals surface area contributed by atoms with Gasteiger partial charge in [0.1, 0.15) is 5.60 Å². The SMILES string of the molecule is CC(C)(C)OC(=O)N1CCN(c2cc(Br)cc3c2[nH]c(=O)n3-c2nnc(C(F)F)s2)CC1. The lowest BCUT2D eigenvalue weighted by Crippen LogP contribution is -2.50. The number of ether oxygens (including phenoxy) is 1. The lowest BCUT2D eigenvalue weighted by atomic mass is 10.2. The molecule has 2 aromatic heterocycles. The Bertz CT molecular complexity index is 1210. The number of hydrogen-bond acceptors (Lipinski definition) is 7. The van der Waals surface area contributed by atoms with Gasteiger partial charge in [0.2, 0.25) is 5.13 Å². The van der Waals surface area contributed by atoms with Crippen LogP contribution in [-0.2, 0) is 4.74 Å². The molecule has 0 atom stereocenters. The van der Waals surface area contributed by atoms with Crippen LogP contribution in [0.5, 0.6) is 0 Å². The molecule has 1 aromatic carbocycles. The molecule has 1 amide bonds. The normalized spacial score (nSPS) is 15.1. The van der Waals surface area contributed by atoms with E-state index in [1.807, 2.05) is 26.8 Å². The lowest BCUT2D eigenvalue weighted by Gasteiger charge is -2.37. The summed E-state index contributed by atoms with van der Waals surface area (Å²) in [4.78, 5) is 31.6. The van der Waals surface area contributed by atoms with E-state index >= 15 is 0 Å². The Labute approximate surface area is 194 Å².